The molecule has 8 heteroatoms. The molecule has 2 N–H and O–H groups in total. The Morgan fingerprint density at radius 2 is 1.92 bits per heavy atom. The van der Waals surface area contributed by atoms with Crippen molar-refractivity contribution in [3.05, 3.63) is 48.0 Å². The van der Waals surface area contributed by atoms with Crippen molar-refractivity contribution in [2.75, 3.05) is 39.3 Å². The first-order chi connectivity index (χ1) is 11.7. The molecule has 25 heavy (non-hydrogen) atoms. The van der Waals surface area contributed by atoms with Gasteiger partial charge in [-0.1, -0.05) is 0 Å². The van der Waals surface area contributed by atoms with Gasteiger partial charge in [-0.05, 0) is 43.3 Å². The minimum Gasteiger partial charge on any atom is -0.351 e. The molecule has 1 aromatic heterocycles. The summed E-state index contributed by atoms with van der Waals surface area (Å²) >= 11 is 0. The molecule has 2 heterocycles. The molecular formula is C17H23ClFN5O. The van der Waals surface area contributed by atoms with Crippen LogP contribution in [0, 0.1) is 5.82 Å². The topological polar surface area (TPSA) is 62.2 Å². The highest BCUT2D eigenvalue weighted by Crippen LogP contribution is 2.09. The van der Waals surface area contributed by atoms with Crippen molar-refractivity contribution in [3.63, 3.8) is 0 Å². The zero-order chi connectivity index (χ0) is 16.8. The molecule has 1 amide bonds. The van der Waals surface area contributed by atoms with Crippen LogP contribution in [0.3, 0.4) is 0 Å². The molecule has 0 saturated carbocycles. The average molecular weight is 368 g/mol. The number of nitrogens with zero attached hydrogens (tertiary/aromatic N) is 3. The number of hydrogen-bond donors (Lipinski definition) is 2. The van der Waals surface area contributed by atoms with Crippen LogP contribution >= 0.6 is 12.4 Å². The van der Waals surface area contributed by atoms with Crippen molar-refractivity contribution in [3.8, 4) is 5.69 Å². The molecule has 2 aromatic rings. The Morgan fingerprint density at radius 3 is 2.64 bits per heavy atom. The van der Waals surface area contributed by atoms with Crippen molar-refractivity contribution in [2.24, 2.45) is 0 Å². The second-order valence-electron chi connectivity index (χ2n) is 5.82. The Bertz CT molecular complexity index is 670. The first-order valence-electron chi connectivity index (χ1n) is 8.25. The summed E-state index contributed by atoms with van der Waals surface area (Å²) in [6.45, 7) is 5.82. The van der Waals surface area contributed by atoms with Crippen LogP contribution in [0.2, 0.25) is 0 Å². The quantitative estimate of drug-likeness (QED) is 0.759. The summed E-state index contributed by atoms with van der Waals surface area (Å²) in [4.78, 5) is 14.5. The number of amides is 1. The summed E-state index contributed by atoms with van der Waals surface area (Å²) in [6.07, 6.45) is 2.62. The fraction of sp³-hybridized carbons (Fsp3) is 0.412. The number of benzene rings is 1. The third-order valence-corrected chi connectivity index (χ3v) is 4.06. The van der Waals surface area contributed by atoms with Crippen LogP contribution in [0.5, 0.6) is 0 Å². The molecule has 6 nitrogen and oxygen atoms in total. The van der Waals surface area contributed by atoms with Gasteiger partial charge in [0.05, 0.1) is 5.69 Å². The molecule has 1 aliphatic heterocycles. The van der Waals surface area contributed by atoms with Crippen molar-refractivity contribution in [1.82, 2.24) is 25.3 Å². The first-order valence-corrected chi connectivity index (χ1v) is 8.25. The molecule has 1 aromatic carbocycles. The van der Waals surface area contributed by atoms with Gasteiger partial charge in [0, 0.05) is 38.9 Å². The Morgan fingerprint density at radius 1 is 1.20 bits per heavy atom. The summed E-state index contributed by atoms with van der Waals surface area (Å²) < 4.78 is 14.5. The van der Waals surface area contributed by atoms with Gasteiger partial charge in [-0.3, -0.25) is 4.79 Å². The lowest BCUT2D eigenvalue weighted by Crippen LogP contribution is -2.44. The van der Waals surface area contributed by atoms with E-state index in [-0.39, 0.29) is 24.1 Å². The second-order valence-corrected chi connectivity index (χ2v) is 5.82. The smallest absolute Gasteiger partial charge is 0.271 e. The van der Waals surface area contributed by atoms with Crippen LogP contribution in [0.25, 0.3) is 5.69 Å². The molecule has 1 fully saturated rings. The lowest BCUT2D eigenvalue weighted by molar-refractivity contribution is 0.0946. The van der Waals surface area contributed by atoms with Gasteiger partial charge < -0.3 is 15.5 Å². The number of aromatic nitrogens is 2. The SMILES string of the molecule is Cl.O=C(NCCCN1CCNCC1)c1ccn(-c2ccc(F)cc2)n1. The predicted octanol–water partition coefficient (Wildman–Crippen LogP) is 1.46. The molecule has 0 atom stereocenters. The molecule has 0 bridgehead atoms. The Hall–Kier alpha value is -1.96. The van der Waals surface area contributed by atoms with Crippen LogP contribution in [-0.4, -0.2) is 59.9 Å². The first kappa shape index (κ1) is 19.4. The highest BCUT2D eigenvalue weighted by atomic mass is 35.5. The fourth-order valence-electron chi connectivity index (χ4n) is 2.71. The number of carbonyl (C=O) groups is 1. The minimum absolute atomic E-state index is 0. The van der Waals surface area contributed by atoms with Gasteiger partial charge in [0.1, 0.15) is 5.82 Å². The van der Waals surface area contributed by atoms with E-state index in [4.69, 9.17) is 0 Å². The van der Waals surface area contributed by atoms with Crippen molar-refractivity contribution >= 4 is 18.3 Å². The summed E-state index contributed by atoms with van der Waals surface area (Å²) in [6, 6.07) is 7.64. The van der Waals surface area contributed by atoms with E-state index in [9.17, 15) is 9.18 Å². The second kappa shape index (κ2) is 9.50. The standard InChI is InChI=1S/C17H22FN5O.ClH/c18-14-2-4-15(5-3-14)23-11-6-16(21-23)17(24)20-7-1-10-22-12-8-19-9-13-22;/h2-6,11,19H,1,7-10,12-13H2,(H,20,24);1H. The molecule has 1 saturated heterocycles. The van der Waals surface area contributed by atoms with E-state index in [0.717, 1.165) is 39.1 Å². The third-order valence-electron chi connectivity index (χ3n) is 4.06. The molecule has 1 aliphatic rings. The van der Waals surface area contributed by atoms with Crippen LogP contribution in [0.1, 0.15) is 16.9 Å². The van der Waals surface area contributed by atoms with E-state index in [1.54, 1.807) is 29.1 Å². The fourth-order valence-corrected chi connectivity index (χ4v) is 2.71. The van der Waals surface area contributed by atoms with E-state index in [1.165, 1.54) is 12.1 Å². The summed E-state index contributed by atoms with van der Waals surface area (Å²) in [5.41, 5.74) is 1.08. The van der Waals surface area contributed by atoms with Crippen molar-refractivity contribution in [1.29, 1.82) is 0 Å². The Balaban J connectivity index is 0.00000225. The maximum Gasteiger partial charge on any atom is 0.271 e. The summed E-state index contributed by atoms with van der Waals surface area (Å²) in [5.74, 6) is -0.482. The highest BCUT2D eigenvalue weighted by molar-refractivity contribution is 5.92. The Labute approximate surface area is 152 Å². The lowest BCUT2D eigenvalue weighted by Gasteiger charge is -2.26. The van der Waals surface area contributed by atoms with Crippen molar-refractivity contribution in [2.45, 2.75) is 6.42 Å². The van der Waals surface area contributed by atoms with Crippen LogP contribution in [0.4, 0.5) is 4.39 Å². The number of carbonyl (C=O) groups excluding carboxylic acids is 1. The maximum absolute atomic E-state index is 12.9. The monoisotopic (exact) mass is 367 g/mol. The highest BCUT2D eigenvalue weighted by Gasteiger charge is 2.11. The molecule has 3 rings (SSSR count). The summed E-state index contributed by atoms with van der Waals surface area (Å²) in [5, 5.41) is 10.5. The third kappa shape index (κ3) is 5.52. The average Bonchev–Trinajstić information content (AvgIpc) is 3.10. The van der Waals surface area contributed by atoms with Gasteiger partial charge in [0.25, 0.3) is 5.91 Å². The van der Waals surface area contributed by atoms with Gasteiger partial charge in [-0.25, -0.2) is 9.07 Å². The predicted molar refractivity (Wildman–Crippen MR) is 97.0 cm³/mol. The van der Waals surface area contributed by atoms with E-state index < -0.39 is 0 Å². The zero-order valence-electron chi connectivity index (χ0n) is 13.9. The number of halogens is 2. The van der Waals surface area contributed by atoms with Gasteiger partial charge in [0.2, 0.25) is 0 Å². The molecule has 0 unspecified atom stereocenters. The minimum atomic E-state index is -0.298. The van der Waals surface area contributed by atoms with Gasteiger partial charge in [-0.2, -0.15) is 5.10 Å². The molecular weight excluding hydrogens is 345 g/mol. The van der Waals surface area contributed by atoms with E-state index in [2.05, 4.69) is 20.6 Å². The number of rotatable bonds is 6. The summed E-state index contributed by atoms with van der Waals surface area (Å²) in [7, 11) is 0. The largest absolute Gasteiger partial charge is 0.351 e. The van der Waals surface area contributed by atoms with E-state index >= 15 is 0 Å². The van der Waals surface area contributed by atoms with Gasteiger partial charge >= 0.3 is 0 Å². The molecule has 0 radical (unpaired) electrons. The lowest BCUT2D eigenvalue weighted by atomic mass is 10.3. The number of nitrogens with one attached hydrogen (secondary N) is 2. The van der Waals surface area contributed by atoms with Crippen LogP contribution in [-0.2, 0) is 0 Å². The number of piperazine rings is 1. The van der Waals surface area contributed by atoms with Crippen LogP contribution < -0.4 is 10.6 Å². The number of hydrogen-bond acceptors (Lipinski definition) is 4. The van der Waals surface area contributed by atoms with Crippen LogP contribution in [0.15, 0.2) is 36.5 Å². The van der Waals surface area contributed by atoms with Gasteiger partial charge in [-0.15, -0.1) is 12.4 Å². The molecule has 0 aliphatic carbocycles. The molecule has 0 spiro atoms. The Kier molecular flexibility index (Phi) is 7.36. The maximum atomic E-state index is 12.9. The van der Waals surface area contributed by atoms with Crippen molar-refractivity contribution < 1.29 is 9.18 Å². The molecule has 136 valence electrons. The van der Waals surface area contributed by atoms with E-state index in [0.29, 0.717) is 17.9 Å². The normalized spacial score (nSPS) is 14.8. The van der Waals surface area contributed by atoms with Gasteiger partial charge in [0.15, 0.2) is 5.69 Å². The van der Waals surface area contributed by atoms with E-state index in [1.807, 2.05) is 0 Å². The zero-order valence-corrected chi connectivity index (χ0v) is 14.8.